The van der Waals surface area contributed by atoms with E-state index in [1.54, 1.807) is 6.92 Å². The molecule has 3 rings (SSSR count). The number of carbonyl (C=O) groups excluding carboxylic acids is 1. The quantitative estimate of drug-likeness (QED) is 0.653. The van der Waals surface area contributed by atoms with Gasteiger partial charge in [0.05, 0.1) is 11.7 Å². The fourth-order valence-electron chi connectivity index (χ4n) is 3.61. The molecular weight excluding hydrogens is 370 g/mol. The molecule has 0 saturated carbocycles. The van der Waals surface area contributed by atoms with Crippen LogP contribution in [0.2, 0.25) is 0 Å². The summed E-state index contributed by atoms with van der Waals surface area (Å²) in [6.45, 7) is 7.16. The van der Waals surface area contributed by atoms with Gasteiger partial charge in [0.1, 0.15) is 6.61 Å². The van der Waals surface area contributed by atoms with Crippen molar-refractivity contribution in [1.82, 2.24) is 5.32 Å². The number of hydrogen-bond donors (Lipinski definition) is 2. The maximum atomic E-state index is 12.2. The van der Waals surface area contributed by atoms with E-state index in [1.807, 2.05) is 51.1 Å². The number of rotatable bonds is 6. The summed E-state index contributed by atoms with van der Waals surface area (Å²) >= 11 is 0. The number of carbonyl (C=O) groups is 2. The van der Waals surface area contributed by atoms with E-state index in [0.717, 1.165) is 12.0 Å². The third kappa shape index (κ3) is 5.15. The molecule has 0 fully saturated rings. The number of carboxylic acids is 1. The van der Waals surface area contributed by atoms with Gasteiger partial charge in [0, 0.05) is 0 Å². The highest BCUT2D eigenvalue weighted by molar-refractivity contribution is 5.80. The van der Waals surface area contributed by atoms with Gasteiger partial charge in [-0.1, -0.05) is 42.5 Å². The Labute approximate surface area is 170 Å². The lowest BCUT2D eigenvalue weighted by Gasteiger charge is -2.29. The first-order valence-electron chi connectivity index (χ1n) is 9.68. The van der Waals surface area contributed by atoms with Crippen molar-refractivity contribution < 1.29 is 24.2 Å². The van der Waals surface area contributed by atoms with Crippen LogP contribution in [0.3, 0.4) is 0 Å². The second-order valence-corrected chi connectivity index (χ2v) is 8.30. The third-order valence-electron chi connectivity index (χ3n) is 4.78. The largest absolute Gasteiger partial charge is 0.480 e. The molecule has 0 bridgehead atoms. The van der Waals surface area contributed by atoms with Crippen molar-refractivity contribution in [3.05, 3.63) is 59.2 Å². The van der Waals surface area contributed by atoms with Crippen molar-refractivity contribution in [2.45, 2.75) is 58.5 Å². The molecular formula is C23H27NO5. The number of nitrogens with one attached hydrogen (secondary N) is 1. The number of amides is 1. The number of carboxylic acid groups (broad SMARTS) is 1. The van der Waals surface area contributed by atoms with E-state index in [4.69, 9.17) is 9.47 Å². The summed E-state index contributed by atoms with van der Waals surface area (Å²) in [7, 11) is 0. The lowest BCUT2D eigenvalue weighted by atomic mass is 10.0. The van der Waals surface area contributed by atoms with Gasteiger partial charge in [0.2, 0.25) is 0 Å². The summed E-state index contributed by atoms with van der Waals surface area (Å²) in [6, 6.07) is 13.1. The fraction of sp³-hybridized carbons (Fsp3) is 0.391. The van der Waals surface area contributed by atoms with Crippen LogP contribution in [0.4, 0.5) is 4.79 Å². The van der Waals surface area contributed by atoms with E-state index in [1.165, 1.54) is 22.3 Å². The Balaban J connectivity index is 1.59. The van der Waals surface area contributed by atoms with E-state index in [9.17, 15) is 14.7 Å². The average molecular weight is 397 g/mol. The van der Waals surface area contributed by atoms with Crippen LogP contribution in [0.25, 0.3) is 11.1 Å². The van der Waals surface area contributed by atoms with Crippen LogP contribution in [0.1, 0.15) is 44.4 Å². The minimum absolute atomic E-state index is 0.0658. The van der Waals surface area contributed by atoms with Crippen molar-refractivity contribution in [2.75, 3.05) is 0 Å². The molecule has 6 nitrogen and oxygen atoms in total. The molecule has 2 atom stereocenters. The van der Waals surface area contributed by atoms with Gasteiger partial charge < -0.3 is 19.9 Å². The Morgan fingerprint density at radius 1 is 1.10 bits per heavy atom. The number of alkyl carbamates (subject to hydrolysis) is 1. The Hall–Kier alpha value is -2.86. The van der Waals surface area contributed by atoms with E-state index < -0.39 is 29.8 Å². The highest BCUT2D eigenvalue weighted by Crippen LogP contribution is 2.36. The standard InChI is InChI=1S/C23H27NO5/c1-14(29-23(2,3)4)20(21(25)26)24-22(27)28-13-15-9-10-19-17(11-15)12-16-7-5-6-8-18(16)19/h5-11,14,20H,12-13H2,1-4H3,(H,24,27)(H,25,26)/t14-,20+/m1/s1. The van der Waals surface area contributed by atoms with E-state index in [2.05, 4.69) is 17.4 Å². The summed E-state index contributed by atoms with van der Waals surface area (Å²) in [4.78, 5) is 23.7. The van der Waals surface area contributed by atoms with Gasteiger partial charge in [-0.15, -0.1) is 0 Å². The van der Waals surface area contributed by atoms with E-state index in [0.29, 0.717) is 0 Å². The highest BCUT2D eigenvalue weighted by Gasteiger charge is 2.31. The van der Waals surface area contributed by atoms with Crippen LogP contribution in [-0.2, 0) is 27.3 Å². The average Bonchev–Trinajstić information content (AvgIpc) is 3.00. The Morgan fingerprint density at radius 3 is 2.48 bits per heavy atom. The third-order valence-corrected chi connectivity index (χ3v) is 4.78. The first-order valence-corrected chi connectivity index (χ1v) is 9.68. The van der Waals surface area contributed by atoms with Crippen LogP contribution in [0.15, 0.2) is 42.5 Å². The Morgan fingerprint density at radius 2 is 1.79 bits per heavy atom. The zero-order valence-electron chi connectivity index (χ0n) is 17.2. The molecule has 1 aliphatic rings. The molecule has 0 saturated heterocycles. The molecule has 6 heteroatoms. The van der Waals surface area contributed by atoms with Crippen LogP contribution >= 0.6 is 0 Å². The SMILES string of the molecule is C[C@@H](OC(C)(C)C)[C@H](NC(=O)OCc1ccc2c(c1)Cc1ccccc1-2)C(=O)O. The van der Waals surface area contributed by atoms with Gasteiger partial charge in [-0.25, -0.2) is 9.59 Å². The van der Waals surface area contributed by atoms with Crippen molar-refractivity contribution in [2.24, 2.45) is 0 Å². The molecule has 29 heavy (non-hydrogen) atoms. The first-order chi connectivity index (χ1) is 13.6. The van der Waals surface area contributed by atoms with Gasteiger partial charge in [-0.3, -0.25) is 0 Å². The summed E-state index contributed by atoms with van der Waals surface area (Å²) in [5, 5.41) is 11.8. The lowest BCUT2D eigenvalue weighted by molar-refractivity contribution is -0.147. The van der Waals surface area contributed by atoms with Gasteiger partial charge in [0.25, 0.3) is 0 Å². The molecule has 1 aliphatic carbocycles. The normalized spacial score (nSPS) is 14.5. The van der Waals surface area contributed by atoms with Crippen molar-refractivity contribution in [3.63, 3.8) is 0 Å². The summed E-state index contributed by atoms with van der Waals surface area (Å²) in [6.07, 6.45) is -0.641. The molecule has 2 aromatic rings. The van der Waals surface area contributed by atoms with Gasteiger partial charge in [0.15, 0.2) is 6.04 Å². The fourth-order valence-corrected chi connectivity index (χ4v) is 3.61. The minimum Gasteiger partial charge on any atom is -0.480 e. The molecule has 0 radical (unpaired) electrons. The molecule has 0 spiro atoms. The lowest BCUT2D eigenvalue weighted by Crippen LogP contribution is -2.50. The van der Waals surface area contributed by atoms with Crippen LogP contribution in [-0.4, -0.2) is 34.9 Å². The number of hydrogen-bond acceptors (Lipinski definition) is 4. The van der Waals surface area contributed by atoms with E-state index >= 15 is 0 Å². The maximum Gasteiger partial charge on any atom is 0.408 e. The minimum atomic E-state index is -1.20. The molecule has 154 valence electrons. The number of benzene rings is 2. The zero-order chi connectivity index (χ0) is 21.2. The molecule has 0 aliphatic heterocycles. The zero-order valence-corrected chi connectivity index (χ0v) is 17.2. The van der Waals surface area contributed by atoms with Gasteiger partial charge >= 0.3 is 12.1 Å². The van der Waals surface area contributed by atoms with Crippen LogP contribution < -0.4 is 5.32 Å². The predicted octanol–water partition coefficient (Wildman–Crippen LogP) is 4.14. The number of ether oxygens (including phenoxy) is 2. The smallest absolute Gasteiger partial charge is 0.408 e. The molecule has 2 N–H and O–H groups in total. The van der Waals surface area contributed by atoms with Gasteiger partial charge in [-0.2, -0.15) is 0 Å². The maximum absolute atomic E-state index is 12.2. The van der Waals surface area contributed by atoms with Crippen LogP contribution in [0, 0.1) is 0 Å². The topological polar surface area (TPSA) is 84.9 Å². The Bertz CT molecular complexity index is 916. The van der Waals surface area contributed by atoms with E-state index in [-0.39, 0.29) is 6.61 Å². The predicted molar refractivity (Wildman–Crippen MR) is 110 cm³/mol. The summed E-state index contributed by atoms with van der Waals surface area (Å²) < 4.78 is 10.9. The second-order valence-electron chi connectivity index (χ2n) is 8.30. The second kappa shape index (κ2) is 8.25. The number of fused-ring (bicyclic) bond motifs is 3. The number of aliphatic carboxylic acids is 1. The van der Waals surface area contributed by atoms with Gasteiger partial charge in [-0.05, 0) is 61.9 Å². The molecule has 2 aromatic carbocycles. The monoisotopic (exact) mass is 397 g/mol. The molecule has 0 heterocycles. The van der Waals surface area contributed by atoms with Crippen molar-refractivity contribution in [3.8, 4) is 11.1 Å². The van der Waals surface area contributed by atoms with Crippen LogP contribution in [0.5, 0.6) is 0 Å². The summed E-state index contributed by atoms with van der Waals surface area (Å²) in [5.41, 5.74) is 5.26. The molecule has 0 aromatic heterocycles. The Kier molecular flexibility index (Phi) is 5.94. The van der Waals surface area contributed by atoms with Crippen molar-refractivity contribution in [1.29, 1.82) is 0 Å². The van der Waals surface area contributed by atoms with Crippen molar-refractivity contribution >= 4 is 12.1 Å². The highest BCUT2D eigenvalue weighted by atomic mass is 16.6. The molecule has 0 unspecified atom stereocenters. The summed E-state index contributed by atoms with van der Waals surface area (Å²) in [5.74, 6) is -1.17. The first kappa shape index (κ1) is 20.9. The molecule has 1 amide bonds.